The van der Waals surface area contributed by atoms with Gasteiger partial charge in [-0.1, -0.05) is 18.9 Å². The Labute approximate surface area is 169 Å². The van der Waals surface area contributed by atoms with Crippen molar-refractivity contribution >= 4 is 0 Å². The summed E-state index contributed by atoms with van der Waals surface area (Å²) in [5.74, 6) is 0.575. The molecule has 2 aliphatic heterocycles. The number of ether oxygens (including phenoxy) is 1. The Morgan fingerprint density at radius 1 is 1.17 bits per heavy atom. The maximum Gasteiger partial charge on any atom is 0.332 e. The van der Waals surface area contributed by atoms with Gasteiger partial charge in [0.25, 0.3) is 0 Å². The zero-order valence-electron chi connectivity index (χ0n) is 16.8. The van der Waals surface area contributed by atoms with Crippen LogP contribution in [-0.2, 0) is 24.4 Å². The third-order valence-electron chi connectivity index (χ3n) is 6.52. The number of nitrogens with zero attached hydrogens (tertiary/aromatic N) is 5. The molecule has 29 heavy (non-hydrogen) atoms. The number of pyridine rings is 1. The Bertz CT molecular complexity index is 1040. The molecule has 1 saturated carbocycles. The van der Waals surface area contributed by atoms with Gasteiger partial charge in [-0.3, -0.25) is 24.0 Å². The third-order valence-corrected chi connectivity index (χ3v) is 6.52. The first-order chi connectivity index (χ1) is 14.0. The monoisotopic (exact) mass is 397 g/mol. The van der Waals surface area contributed by atoms with Crippen molar-refractivity contribution in [2.75, 3.05) is 13.1 Å². The molecular formula is C21H27N5O3. The summed E-state index contributed by atoms with van der Waals surface area (Å²) in [6.45, 7) is 5.03. The van der Waals surface area contributed by atoms with E-state index in [4.69, 9.17) is 4.74 Å². The van der Waals surface area contributed by atoms with E-state index in [-0.39, 0.29) is 12.6 Å². The van der Waals surface area contributed by atoms with E-state index >= 15 is 0 Å². The highest BCUT2D eigenvalue weighted by atomic mass is 16.5. The number of fused-ring (bicyclic) bond motifs is 1. The van der Waals surface area contributed by atoms with Crippen LogP contribution < -0.4 is 11.1 Å². The van der Waals surface area contributed by atoms with Crippen LogP contribution in [0.2, 0.25) is 0 Å². The number of aromatic nitrogens is 4. The summed E-state index contributed by atoms with van der Waals surface area (Å²) in [7, 11) is 0. The fraction of sp³-hybridized carbons (Fsp3) is 0.619. The smallest absolute Gasteiger partial charge is 0.332 e. The average molecular weight is 397 g/mol. The zero-order chi connectivity index (χ0) is 20.0. The molecular weight excluding hydrogens is 370 g/mol. The Kier molecular flexibility index (Phi) is 4.63. The van der Waals surface area contributed by atoms with Gasteiger partial charge in [0.1, 0.15) is 12.2 Å². The second-order valence-electron chi connectivity index (χ2n) is 8.70. The predicted molar refractivity (Wildman–Crippen MR) is 107 cm³/mol. The Balaban J connectivity index is 1.36. The van der Waals surface area contributed by atoms with Crippen molar-refractivity contribution in [3.63, 3.8) is 0 Å². The zero-order valence-corrected chi connectivity index (χ0v) is 16.8. The Hall–Kier alpha value is -2.32. The Morgan fingerprint density at radius 2 is 2.00 bits per heavy atom. The molecule has 0 unspecified atom stereocenters. The van der Waals surface area contributed by atoms with E-state index in [1.807, 2.05) is 25.1 Å². The fourth-order valence-electron chi connectivity index (χ4n) is 5.00. The molecule has 1 aliphatic carbocycles. The third kappa shape index (κ3) is 3.44. The number of likely N-dealkylation sites (tertiary alicyclic amines) is 1. The average Bonchev–Trinajstić information content (AvgIpc) is 3.36. The van der Waals surface area contributed by atoms with E-state index in [9.17, 15) is 9.59 Å². The molecule has 3 aliphatic rings. The second kappa shape index (κ2) is 7.18. The molecule has 8 heteroatoms. The molecule has 154 valence electrons. The van der Waals surface area contributed by atoms with E-state index < -0.39 is 16.7 Å². The molecule has 2 aromatic heterocycles. The van der Waals surface area contributed by atoms with Gasteiger partial charge in [-0.05, 0) is 38.3 Å². The summed E-state index contributed by atoms with van der Waals surface area (Å²) in [5.41, 5.74) is 0.667. The van der Waals surface area contributed by atoms with Gasteiger partial charge >= 0.3 is 11.1 Å². The van der Waals surface area contributed by atoms with Gasteiger partial charge in [-0.25, -0.2) is 4.68 Å². The van der Waals surface area contributed by atoms with Crippen molar-refractivity contribution in [1.29, 1.82) is 0 Å². The lowest BCUT2D eigenvalue weighted by atomic mass is 10.0. The van der Waals surface area contributed by atoms with Gasteiger partial charge in [-0.2, -0.15) is 5.10 Å². The highest BCUT2D eigenvalue weighted by Crippen LogP contribution is 2.32. The minimum atomic E-state index is -0.489. The molecule has 1 saturated heterocycles. The van der Waals surface area contributed by atoms with Crippen molar-refractivity contribution < 1.29 is 4.74 Å². The van der Waals surface area contributed by atoms with Crippen molar-refractivity contribution in [2.45, 2.75) is 70.4 Å². The van der Waals surface area contributed by atoms with Crippen LogP contribution in [0.15, 0.2) is 27.8 Å². The van der Waals surface area contributed by atoms with Crippen LogP contribution in [0.1, 0.15) is 55.4 Å². The summed E-state index contributed by atoms with van der Waals surface area (Å²) in [5, 5.41) is 4.53. The minimum absolute atomic E-state index is 0.0563. The summed E-state index contributed by atoms with van der Waals surface area (Å²) in [6.07, 6.45) is 4.84. The molecule has 0 N–H and O–H groups in total. The SMILES string of the molecule is Cc1cccc(CN2CC[C@@]3(C2)Cn2c(nn(C4CCCC4)c(=O)c2=O)CO3)n1. The molecule has 0 aromatic carbocycles. The van der Waals surface area contributed by atoms with Crippen LogP contribution in [0.4, 0.5) is 0 Å². The van der Waals surface area contributed by atoms with Gasteiger partial charge in [-0.15, -0.1) is 0 Å². The Morgan fingerprint density at radius 3 is 2.79 bits per heavy atom. The minimum Gasteiger partial charge on any atom is -0.364 e. The lowest BCUT2D eigenvalue weighted by molar-refractivity contribution is -0.0861. The van der Waals surface area contributed by atoms with Crippen LogP contribution >= 0.6 is 0 Å². The van der Waals surface area contributed by atoms with E-state index in [0.717, 1.165) is 63.1 Å². The number of hydrogen-bond acceptors (Lipinski definition) is 6. The van der Waals surface area contributed by atoms with Crippen molar-refractivity contribution in [2.24, 2.45) is 0 Å². The second-order valence-corrected chi connectivity index (χ2v) is 8.70. The van der Waals surface area contributed by atoms with Crippen LogP contribution in [0.25, 0.3) is 0 Å². The molecule has 1 atom stereocenters. The number of aryl methyl sites for hydroxylation is 1. The molecule has 1 spiro atoms. The maximum absolute atomic E-state index is 12.9. The molecule has 4 heterocycles. The first-order valence-corrected chi connectivity index (χ1v) is 10.5. The van der Waals surface area contributed by atoms with E-state index in [1.165, 1.54) is 4.68 Å². The summed E-state index contributed by atoms with van der Waals surface area (Å²) < 4.78 is 9.24. The molecule has 2 fully saturated rings. The molecule has 8 nitrogen and oxygen atoms in total. The quantitative estimate of drug-likeness (QED) is 0.728. The van der Waals surface area contributed by atoms with E-state index in [2.05, 4.69) is 15.0 Å². The lowest BCUT2D eigenvalue weighted by Gasteiger charge is -2.35. The van der Waals surface area contributed by atoms with Crippen molar-refractivity contribution in [3.05, 3.63) is 56.1 Å². The first-order valence-electron chi connectivity index (χ1n) is 10.5. The number of hydrogen-bond donors (Lipinski definition) is 0. The summed E-state index contributed by atoms with van der Waals surface area (Å²) in [4.78, 5) is 32.4. The van der Waals surface area contributed by atoms with E-state index in [1.54, 1.807) is 4.57 Å². The highest BCUT2D eigenvalue weighted by molar-refractivity contribution is 5.11. The van der Waals surface area contributed by atoms with Crippen LogP contribution in [0, 0.1) is 6.92 Å². The highest BCUT2D eigenvalue weighted by Gasteiger charge is 2.43. The van der Waals surface area contributed by atoms with Gasteiger partial charge in [0.15, 0.2) is 5.82 Å². The van der Waals surface area contributed by atoms with Gasteiger partial charge in [0.05, 0.1) is 18.3 Å². The van der Waals surface area contributed by atoms with Gasteiger partial charge in [0.2, 0.25) is 0 Å². The molecule has 0 bridgehead atoms. The van der Waals surface area contributed by atoms with Crippen LogP contribution in [0.3, 0.4) is 0 Å². The number of rotatable bonds is 3. The lowest BCUT2D eigenvalue weighted by Crippen LogP contribution is -2.53. The summed E-state index contributed by atoms with van der Waals surface area (Å²) >= 11 is 0. The topological polar surface area (TPSA) is 82.2 Å². The largest absolute Gasteiger partial charge is 0.364 e. The van der Waals surface area contributed by atoms with Crippen molar-refractivity contribution in [1.82, 2.24) is 24.2 Å². The van der Waals surface area contributed by atoms with E-state index in [0.29, 0.717) is 12.4 Å². The van der Waals surface area contributed by atoms with Crippen LogP contribution in [-0.4, -0.2) is 42.9 Å². The first kappa shape index (κ1) is 18.7. The fourth-order valence-corrected chi connectivity index (χ4v) is 5.00. The summed E-state index contributed by atoms with van der Waals surface area (Å²) in [6, 6.07) is 6.11. The standard InChI is InChI=1S/C21H27N5O3/c1-15-5-4-6-16(22-15)11-24-10-9-21(13-24)14-25-18(12-29-21)23-26(20(28)19(25)27)17-7-2-3-8-17/h4-6,17H,2-3,7-14H2,1H3/t21-/m1/s1. The van der Waals surface area contributed by atoms with Crippen molar-refractivity contribution in [3.8, 4) is 0 Å². The van der Waals surface area contributed by atoms with Crippen LogP contribution in [0.5, 0.6) is 0 Å². The maximum atomic E-state index is 12.9. The predicted octanol–water partition coefficient (Wildman–Crippen LogP) is 1.40. The van der Waals surface area contributed by atoms with Gasteiger partial charge < -0.3 is 4.74 Å². The molecule has 0 amide bonds. The normalized spacial score (nSPS) is 25.0. The molecule has 5 rings (SSSR count). The van der Waals surface area contributed by atoms with Gasteiger partial charge in [0, 0.05) is 25.3 Å². The molecule has 0 radical (unpaired) electrons. The molecule has 2 aromatic rings.